The summed E-state index contributed by atoms with van der Waals surface area (Å²) in [5.41, 5.74) is 7.15. The molecule has 3 N–H and O–H groups in total. The number of thiazole rings is 1. The normalized spacial score (nSPS) is 11.4. The topological polar surface area (TPSA) is 94.3 Å². The summed E-state index contributed by atoms with van der Waals surface area (Å²) in [5.74, 6) is 0.260. The van der Waals surface area contributed by atoms with Crippen LogP contribution >= 0.6 is 11.3 Å². The first-order valence-corrected chi connectivity index (χ1v) is 8.51. The van der Waals surface area contributed by atoms with E-state index in [1.54, 1.807) is 12.1 Å². The number of methoxy groups -OCH3 is 1. The van der Waals surface area contributed by atoms with Gasteiger partial charge in [-0.2, -0.15) is 0 Å². The van der Waals surface area contributed by atoms with Gasteiger partial charge in [0.05, 0.1) is 12.8 Å². The predicted molar refractivity (Wildman–Crippen MR) is 83.3 cm³/mol. The number of ether oxygens (including phenoxy) is 1. The van der Waals surface area contributed by atoms with Crippen molar-refractivity contribution in [3.05, 3.63) is 34.3 Å². The second-order valence-corrected chi connectivity index (χ2v) is 7.31. The molecule has 6 nitrogen and oxygen atoms in total. The first kappa shape index (κ1) is 15.7. The molecule has 21 heavy (non-hydrogen) atoms. The number of rotatable bonds is 5. The lowest BCUT2D eigenvalue weighted by Crippen LogP contribution is -2.14. The third kappa shape index (κ3) is 3.34. The van der Waals surface area contributed by atoms with E-state index in [2.05, 4.69) is 9.71 Å². The van der Waals surface area contributed by atoms with E-state index in [1.165, 1.54) is 24.5 Å². The van der Waals surface area contributed by atoms with Crippen molar-refractivity contribution in [2.24, 2.45) is 5.73 Å². The van der Waals surface area contributed by atoms with Gasteiger partial charge in [-0.15, -0.1) is 11.3 Å². The molecule has 0 aliphatic carbocycles. The molecule has 0 atom stereocenters. The Morgan fingerprint density at radius 3 is 2.62 bits per heavy atom. The van der Waals surface area contributed by atoms with Crippen LogP contribution in [-0.4, -0.2) is 20.5 Å². The quantitative estimate of drug-likeness (QED) is 0.876. The summed E-state index contributed by atoms with van der Waals surface area (Å²) in [6, 6.07) is 4.76. The molecule has 0 aliphatic rings. The molecule has 0 aliphatic heterocycles. The molecule has 8 heteroatoms. The van der Waals surface area contributed by atoms with Crippen molar-refractivity contribution in [3.8, 4) is 5.75 Å². The lowest BCUT2D eigenvalue weighted by molar-refractivity contribution is 0.402. The van der Waals surface area contributed by atoms with Crippen LogP contribution in [0.5, 0.6) is 5.75 Å². The average molecular weight is 327 g/mol. The molecular formula is C13H17N3O3S2. The summed E-state index contributed by atoms with van der Waals surface area (Å²) in [7, 11) is -2.33. The number of benzene rings is 1. The van der Waals surface area contributed by atoms with Gasteiger partial charge in [0.1, 0.15) is 10.6 Å². The fourth-order valence-corrected chi connectivity index (χ4v) is 3.95. The molecule has 0 fully saturated rings. The van der Waals surface area contributed by atoms with Crippen LogP contribution in [-0.2, 0) is 16.6 Å². The zero-order valence-corrected chi connectivity index (χ0v) is 13.6. The van der Waals surface area contributed by atoms with E-state index in [1.807, 2.05) is 13.8 Å². The van der Waals surface area contributed by atoms with E-state index in [4.69, 9.17) is 10.5 Å². The maximum absolute atomic E-state index is 12.4. The standard InChI is InChI=1S/C13H17N3O3S2/c1-8-9(2)20-13(15-8)16-21(17,18)12-5-4-10(7-14)6-11(12)19-3/h4-6H,7,14H2,1-3H3,(H,15,16). The number of anilines is 1. The highest BCUT2D eigenvalue weighted by Crippen LogP contribution is 2.29. The average Bonchev–Trinajstić information content (AvgIpc) is 2.75. The zero-order chi connectivity index (χ0) is 15.6. The van der Waals surface area contributed by atoms with Gasteiger partial charge >= 0.3 is 0 Å². The largest absolute Gasteiger partial charge is 0.495 e. The SMILES string of the molecule is COc1cc(CN)ccc1S(=O)(=O)Nc1nc(C)c(C)s1. The maximum atomic E-state index is 12.4. The van der Waals surface area contributed by atoms with Crippen LogP contribution in [0.3, 0.4) is 0 Å². The van der Waals surface area contributed by atoms with Crippen molar-refractivity contribution in [1.82, 2.24) is 4.98 Å². The summed E-state index contributed by atoms with van der Waals surface area (Å²) in [5, 5.41) is 0.343. The highest BCUT2D eigenvalue weighted by atomic mass is 32.2. The second kappa shape index (κ2) is 6.00. The first-order chi connectivity index (χ1) is 9.87. The smallest absolute Gasteiger partial charge is 0.267 e. The Morgan fingerprint density at radius 2 is 2.10 bits per heavy atom. The van der Waals surface area contributed by atoms with Crippen LogP contribution in [0.4, 0.5) is 5.13 Å². The summed E-state index contributed by atoms with van der Waals surface area (Å²) < 4.78 is 32.5. The summed E-state index contributed by atoms with van der Waals surface area (Å²) in [6.07, 6.45) is 0. The van der Waals surface area contributed by atoms with Gasteiger partial charge in [-0.25, -0.2) is 13.4 Å². The predicted octanol–water partition coefficient (Wildman–Crippen LogP) is 2.03. The Labute approximate surface area is 128 Å². The molecule has 0 saturated carbocycles. The number of nitrogens with one attached hydrogen (secondary N) is 1. The Morgan fingerprint density at radius 1 is 1.38 bits per heavy atom. The van der Waals surface area contributed by atoms with Crippen LogP contribution in [0, 0.1) is 13.8 Å². The van der Waals surface area contributed by atoms with E-state index in [0.717, 1.165) is 16.1 Å². The number of aromatic nitrogens is 1. The molecule has 0 amide bonds. The van der Waals surface area contributed by atoms with Crippen LogP contribution in [0.15, 0.2) is 23.1 Å². The van der Waals surface area contributed by atoms with Crippen molar-refractivity contribution in [2.75, 3.05) is 11.8 Å². The second-order valence-electron chi connectivity index (χ2n) is 4.46. The van der Waals surface area contributed by atoms with Gasteiger partial charge in [-0.05, 0) is 31.5 Å². The molecule has 1 aromatic carbocycles. The van der Waals surface area contributed by atoms with E-state index < -0.39 is 10.0 Å². The van der Waals surface area contributed by atoms with E-state index in [9.17, 15) is 8.42 Å². The summed E-state index contributed by atoms with van der Waals surface area (Å²) in [4.78, 5) is 5.21. The Hall–Kier alpha value is -1.64. The number of nitrogens with two attached hydrogens (primary N) is 1. The van der Waals surface area contributed by atoms with Gasteiger partial charge in [-0.3, -0.25) is 4.72 Å². The number of sulfonamides is 1. The highest BCUT2D eigenvalue weighted by molar-refractivity contribution is 7.93. The van der Waals surface area contributed by atoms with E-state index in [-0.39, 0.29) is 10.6 Å². The molecule has 0 radical (unpaired) electrons. The third-order valence-electron chi connectivity index (χ3n) is 3.00. The number of hydrogen-bond acceptors (Lipinski definition) is 6. The molecule has 0 bridgehead atoms. The number of nitrogens with zero attached hydrogens (tertiary/aromatic N) is 1. The van der Waals surface area contributed by atoms with Crippen LogP contribution in [0.25, 0.3) is 0 Å². The molecule has 2 rings (SSSR count). The molecule has 114 valence electrons. The van der Waals surface area contributed by atoms with Crippen molar-refractivity contribution in [1.29, 1.82) is 0 Å². The summed E-state index contributed by atoms with van der Waals surface area (Å²) >= 11 is 1.29. The van der Waals surface area contributed by atoms with Gasteiger partial charge in [0.25, 0.3) is 10.0 Å². The summed E-state index contributed by atoms with van der Waals surface area (Å²) in [6.45, 7) is 4.04. The molecule has 1 aromatic heterocycles. The molecule has 0 spiro atoms. The first-order valence-electron chi connectivity index (χ1n) is 6.21. The van der Waals surface area contributed by atoms with Crippen molar-refractivity contribution < 1.29 is 13.2 Å². The minimum atomic E-state index is -3.75. The van der Waals surface area contributed by atoms with Gasteiger partial charge < -0.3 is 10.5 Å². The molecule has 1 heterocycles. The van der Waals surface area contributed by atoms with Gasteiger partial charge in [0.2, 0.25) is 0 Å². The van der Waals surface area contributed by atoms with Crippen LogP contribution < -0.4 is 15.2 Å². The van der Waals surface area contributed by atoms with Crippen LogP contribution in [0.1, 0.15) is 16.1 Å². The molecule has 0 saturated heterocycles. The van der Waals surface area contributed by atoms with E-state index in [0.29, 0.717) is 11.7 Å². The fourth-order valence-electron chi connectivity index (χ4n) is 1.75. The molecule has 2 aromatic rings. The number of hydrogen-bond donors (Lipinski definition) is 2. The lowest BCUT2D eigenvalue weighted by atomic mass is 10.2. The molecule has 0 unspecified atom stereocenters. The minimum absolute atomic E-state index is 0.0627. The Bertz CT molecular complexity index is 735. The van der Waals surface area contributed by atoms with Gasteiger partial charge in [-0.1, -0.05) is 6.07 Å². The van der Waals surface area contributed by atoms with Gasteiger partial charge in [0, 0.05) is 11.4 Å². The van der Waals surface area contributed by atoms with Crippen molar-refractivity contribution in [3.63, 3.8) is 0 Å². The monoisotopic (exact) mass is 327 g/mol. The van der Waals surface area contributed by atoms with Crippen molar-refractivity contribution in [2.45, 2.75) is 25.3 Å². The van der Waals surface area contributed by atoms with Crippen LogP contribution in [0.2, 0.25) is 0 Å². The minimum Gasteiger partial charge on any atom is -0.495 e. The fraction of sp³-hybridized carbons (Fsp3) is 0.308. The van der Waals surface area contributed by atoms with E-state index >= 15 is 0 Å². The Kier molecular flexibility index (Phi) is 4.50. The highest BCUT2D eigenvalue weighted by Gasteiger charge is 2.21. The number of aryl methyl sites for hydroxylation is 2. The van der Waals surface area contributed by atoms with Crippen molar-refractivity contribution >= 4 is 26.5 Å². The zero-order valence-electron chi connectivity index (χ0n) is 12.0. The maximum Gasteiger partial charge on any atom is 0.267 e. The van der Waals surface area contributed by atoms with Gasteiger partial charge in [0.15, 0.2) is 5.13 Å². The Balaban J connectivity index is 2.39. The third-order valence-corrected chi connectivity index (χ3v) is 5.50. The lowest BCUT2D eigenvalue weighted by Gasteiger charge is -2.11. The molecular weight excluding hydrogens is 310 g/mol.